The summed E-state index contributed by atoms with van der Waals surface area (Å²) in [5.74, 6) is -0.159. The molecule has 0 unspecified atom stereocenters. The predicted octanol–water partition coefficient (Wildman–Crippen LogP) is 2.75. The molecule has 1 amide bonds. The second-order valence-corrected chi connectivity index (χ2v) is 5.55. The Kier molecular flexibility index (Phi) is 3.80. The minimum Gasteiger partial charge on any atom is -0.379 e. The Morgan fingerprint density at radius 2 is 2.16 bits per heavy atom. The Morgan fingerprint density at radius 1 is 1.47 bits per heavy atom. The summed E-state index contributed by atoms with van der Waals surface area (Å²) in [7, 11) is 0. The molecule has 0 saturated carbocycles. The van der Waals surface area contributed by atoms with Crippen LogP contribution >= 0.6 is 11.6 Å². The van der Waals surface area contributed by atoms with Gasteiger partial charge in [-0.15, -0.1) is 0 Å². The summed E-state index contributed by atoms with van der Waals surface area (Å²) in [6.07, 6.45) is 0.412. The Balaban J connectivity index is 2.15. The molecular weight excluding hydrogens is 264 g/mol. The highest BCUT2D eigenvalue weighted by Gasteiger charge is 2.42. The van der Waals surface area contributed by atoms with Gasteiger partial charge >= 0.3 is 0 Å². The number of oxime groups is 1. The second kappa shape index (κ2) is 5.21. The first kappa shape index (κ1) is 13.9. The van der Waals surface area contributed by atoms with Gasteiger partial charge in [-0.25, -0.2) is 0 Å². The van der Waals surface area contributed by atoms with Crippen molar-refractivity contribution >= 4 is 23.2 Å². The lowest BCUT2D eigenvalue weighted by atomic mass is 9.95. The molecule has 0 radical (unpaired) electrons. The SMILES string of the molecule is CC(C)NC(=O)[C@]1(C)CC(c2ccccc2Cl)=NO1. The zero-order valence-corrected chi connectivity index (χ0v) is 12.0. The molecule has 4 nitrogen and oxygen atoms in total. The summed E-state index contributed by atoms with van der Waals surface area (Å²) >= 11 is 6.12. The van der Waals surface area contributed by atoms with E-state index >= 15 is 0 Å². The lowest BCUT2D eigenvalue weighted by Gasteiger charge is -2.21. The maximum Gasteiger partial charge on any atom is 0.267 e. The van der Waals surface area contributed by atoms with Gasteiger partial charge in [0.05, 0.1) is 5.71 Å². The van der Waals surface area contributed by atoms with E-state index in [0.29, 0.717) is 17.2 Å². The second-order valence-electron chi connectivity index (χ2n) is 5.14. The minimum absolute atomic E-state index is 0.0669. The number of carbonyl (C=O) groups is 1. The number of halogens is 1. The minimum atomic E-state index is -0.960. The Morgan fingerprint density at radius 3 is 2.79 bits per heavy atom. The first-order valence-corrected chi connectivity index (χ1v) is 6.61. The van der Waals surface area contributed by atoms with E-state index in [1.165, 1.54) is 0 Å². The average molecular weight is 281 g/mol. The molecule has 1 aliphatic rings. The van der Waals surface area contributed by atoms with Crippen molar-refractivity contribution in [3.8, 4) is 0 Å². The van der Waals surface area contributed by atoms with Crippen molar-refractivity contribution in [2.24, 2.45) is 5.16 Å². The molecule has 0 aromatic heterocycles. The van der Waals surface area contributed by atoms with Crippen LogP contribution in [-0.2, 0) is 9.63 Å². The van der Waals surface area contributed by atoms with Crippen molar-refractivity contribution in [1.29, 1.82) is 0 Å². The van der Waals surface area contributed by atoms with Crippen molar-refractivity contribution in [3.05, 3.63) is 34.9 Å². The Bertz CT molecular complexity index is 528. The number of nitrogens with zero attached hydrogens (tertiary/aromatic N) is 1. The van der Waals surface area contributed by atoms with Gasteiger partial charge in [-0.3, -0.25) is 4.79 Å². The molecule has 1 heterocycles. The summed E-state index contributed by atoms with van der Waals surface area (Å²) in [5.41, 5.74) is 0.552. The van der Waals surface area contributed by atoms with Crippen LogP contribution in [0, 0.1) is 0 Å². The summed E-state index contributed by atoms with van der Waals surface area (Å²) < 4.78 is 0. The average Bonchev–Trinajstić information content (AvgIpc) is 2.73. The third kappa shape index (κ3) is 2.89. The normalized spacial score (nSPS) is 22.1. The van der Waals surface area contributed by atoms with E-state index in [1.54, 1.807) is 13.0 Å². The van der Waals surface area contributed by atoms with E-state index in [4.69, 9.17) is 16.4 Å². The predicted molar refractivity (Wildman–Crippen MR) is 75.4 cm³/mol. The molecule has 1 N–H and O–H groups in total. The van der Waals surface area contributed by atoms with Gasteiger partial charge < -0.3 is 10.2 Å². The van der Waals surface area contributed by atoms with Gasteiger partial charge in [0.2, 0.25) is 5.60 Å². The highest BCUT2D eigenvalue weighted by Crippen LogP contribution is 2.29. The third-order valence-corrected chi connectivity index (χ3v) is 3.28. The maximum absolute atomic E-state index is 12.1. The molecule has 1 atom stereocenters. The van der Waals surface area contributed by atoms with E-state index in [2.05, 4.69) is 10.5 Å². The largest absolute Gasteiger partial charge is 0.379 e. The molecule has 2 rings (SSSR count). The summed E-state index contributed by atoms with van der Waals surface area (Å²) in [4.78, 5) is 17.4. The van der Waals surface area contributed by atoms with Crippen LogP contribution < -0.4 is 5.32 Å². The van der Waals surface area contributed by atoms with E-state index in [9.17, 15) is 4.79 Å². The number of amides is 1. The van der Waals surface area contributed by atoms with Gasteiger partial charge in [0.15, 0.2) is 0 Å². The molecular formula is C14H17ClN2O2. The monoisotopic (exact) mass is 280 g/mol. The fourth-order valence-electron chi connectivity index (χ4n) is 1.92. The fourth-order valence-corrected chi connectivity index (χ4v) is 2.16. The molecule has 5 heteroatoms. The number of nitrogens with one attached hydrogen (secondary N) is 1. The highest BCUT2D eigenvalue weighted by molar-refractivity contribution is 6.34. The number of carbonyl (C=O) groups excluding carboxylic acids is 1. The van der Waals surface area contributed by atoms with E-state index < -0.39 is 5.60 Å². The van der Waals surface area contributed by atoms with Crippen LogP contribution in [0.15, 0.2) is 29.4 Å². The summed E-state index contributed by atoms with van der Waals surface area (Å²) in [6.45, 7) is 5.55. The number of hydrogen-bond donors (Lipinski definition) is 1. The number of rotatable bonds is 3. The van der Waals surface area contributed by atoms with Gasteiger partial charge in [0, 0.05) is 23.0 Å². The lowest BCUT2D eigenvalue weighted by Crippen LogP contribution is -2.47. The molecule has 0 bridgehead atoms. The molecule has 0 saturated heterocycles. The zero-order valence-electron chi connectivity index (χ0n) is 11.2. The van der Waals surface area contributed by atoms with Crippen LogP contribution in [0.3, 0.4) is 0 Å². The van der Waals surface area contributed by atoms with Crippen molar-refractivity contribution in [2.75, 3.05) is 0 Å². The van der Waals surface area contributed by atoms with Crippen molar-refractivity contribution in [2.45, 2.75) is 38.8 Å². The molecule has 0 aliphatic carbocycles. The molecule has 1 aromatic rings. The van der Waals surface area contributed by atoms with Crippen LogP contribution in [0.5, 0.6) is 0 Å². The molecule has 1 aliphatic heterocycles. The van der Waals surface area contributed by atoms with Gasteiger partial charge in [-0.05, 0) is 26.8 Å². The highest BCUT2D eigenvalue weighted by atomic mass is 35.5. The van der Waals surface area contributed by atoms with Gasteiger partial charge in [0.1, 0.15) is 0 Å². The zero-order chi connectivity index (χ0) is 14.0. The maximum atomic E-state index is 12.1. The molecule has 19 heavy (non-hydrogen) atoms. The summed E-state index contributed by atoms with van der Waals surface area (Å²) in [5, 5.41) is 7.47. The third-order valence-electron chi connectivity index (χ3n) is 2.95. The first-order chi connectivity index (χ1) is 8.92. The van der Waals surface area contributed by atoms with E-state index in [1.807, 2.05) is 32.0 Å². The number of benzene rings is 1. The molecule has 1 aromatic carbocycles. The van der Waals surface area contributed by atoms with Crippen LogP contribution in [-0.4, -0.2) is 23.3 Å². The van der Waals surface area contributed by atoms with E-state index in [-0.39, 0.29) is 11.9 Å². The van der Waals surface area contributed by atoms with Crippen LogP contribution in [0.4, 0.5) is 0 Å². The topological polar surface area (TPSA) is 50.7 Å². The fraction of sp³-hybridized carbons (Fsp3) is 0.429. The quantitative estimate of drug-likeness (QED) is 0.925. The lowest BCUT2D eigenvalue weighted by molar-refractivity contribution is -0.142. The van der Waals surface area contributed by atoms with Crippen LogP contribution in [0.1, 0.15) is 32.8 Å². The molecule has 0 spiro atoms. The van der Waals surface area contributed by atoms with Crippen molar-refractivity contribution < 1.29 is 9.63 Å². The van der Waals surface area contributed by atoms with Gasteiger partial charge in [-0.1, -0.05) is 35.0 Å². The van der Waals surface area contributed by atoms with Crippen LogP contribution in [0.25, 0.3) is 0 Å². The van der Waals surface area contributed by atoms with Crippen LogP contribution in [0.2, 0.25) is 5.02 Å². The molecule has 0 fully saturated rings. The Labute approximate surface area is 117 Å². The van der Waals surface area contributed by atoms with E-state index in [0.717, 1.165) is 5.56 Å². The van der Waals surface area contributed by atoms with Crippen molar-refractivity contribution in [1.82, 2.24) is 5.32 Å². The van der Waals surface area contributed by atoms with Gasteiger partial charge in [-0.2, -0.15) is 0 Å². The molecule has 102 valence electrons. The summed E-state index contributed by atoms with van der Waals surface area (Å²) in [6, 6.07) is 7.47. The number of hydrogen-bond acceptors (Lipinski definition) is 3. The standard InChI is InChI=1S/C14H17ClN2O2/c1-9(2)16-13(18)14(3)8-12(17-19-14)10-6-4-5-7-11(10)15/h4-7,9H,8H2,1-3H3,(H,16,18)/t14-/m0/s1. The first-order valence-electron chi connectivity index (χ1n) is 6.23. The van der Waals surface area contributed by atoms with Crippen molar-refractivity contribution in [3.63, 3.8) is 0 Å². The van der Waals surface area contributed by atoms with Gasteiger partial charge in [0.25, 0.3) is 5.91 Å². The Hall–Kier alpha value is -1.55. The smallest absolute Gasteiger partial charge is 0.267 e.